The molecule has 0 heterocycles. The van der Waals surface area contributed by atoms with E-state index in [0.717, 1.165) is 24.8 Å². The van der Waals surface area contributed by atoms with E-state index in [1.165, 1.54) is 36.3 Å². The first-order valence-electron chi connectivity index (χ1n) is 6.59. The number of benzene rings is 1. The molecule has 0 atom stereocenters. The number of nitrogens with two attached hydrogens (primary N) is 1. The predicted molar refractivity (Wildman–Crippen MR) is 76.7 cm³/mol. The van der Waals surface area contributed by atoms with Gasteiger partial charge in [0, 0.05) is 22.4 Å². The van der Waals surface area contributed by atoms with E-state index in [-0.39, 0.29) is 0 Å². The maximum Gasteiger partial charge on any atom is 0.0340 e. The summed E-state index contributed by atoms with van der Waals surface area (Å²) < 4.78 is 0. The molecule has 0 unspecified atom stereocenters. The first-order chi connectivity index (χ1) is 8.38. The van der Waals surface area contributed by atoms with Crippen LogP contribution in [0.1, 0.15) is 32.1 Å². The molecule has 2 nitrogen and oxygen atoms in total. The minimum atomic E-state index is 0.753. The lowest BCUT2D eigenvalue weighted by atomic mass is 10.3. The molecule has 94 valence electrons. The van der Waals surface area contributed by atoms with Crippen LogP contribution in [0.4, 0.5) is 5.69 Å². The third-order valence-electron chi connectivity index (χ3n) is 3.17. The van der Waals surface area contributed by atoms with E-state index in [0.29, 0.717) is 0 Å². The highest BCUT2D eigenvalue weighted by molar-refractivity contribution is 8.00. The summed E-state index contributed by atoms with van der Waals surface area (Å²) in [5.41, 5.74) is 6.67. The van der Waals surface area contributed by atoms with Crippen molar-refractivity contribution in [3.05, 3.63) is 24.3 Å². The smallest absolute Gasteiger partial charge is 0.0340 e. The topological polar surface area (TPSA) is 38.0 Å². The van der Waals surface area contributed by atoms with Crippen LogP contribution in [0.15, 0.2) is 29.2 Å². The third-order valence-corrected chi connectivity index (χ3v) is 4.52. The third kappa shape index (κ3) is 4.25. The number of thioether (sulfide) groups is 1. The number of nitrogens with one attached hydrogen (secondary N) is 1. The van der Waals surface area contributed by atoms with Gasteiger partial charge in [0.2, 0.25) is 0 Å². The van der Waals surface area contributed by atoms with Gasteiger partial charge in [-0.1, -0.05) is 12.8 Å². The lowest BCUT2D eigenvalue weighted by molar-refractivity contribution is 0.874. The minimum Gasteiger partial charge on any atom is -0.385 e. The van der Waals surface area contributed by atoms with Crippen molar-refractivity contribution >= 4 is 17.4 Å². The molecule has 2 rings (SSSR count). The zero-order valence-electron chi connectivity index (χ0n) is 10.3. The Hall–Kier alpha value is -0.670. The summed E-state index contributed by atoms with van der Waals surface area (Å²) in [5, 5.41) is 4.23. The van der Waals surface area contributed by atoms with E-state index in [2.05, 4.69) is 29.6 Å². The average molecular weight is 250 g/mol. The Morgan fingerprint density at radius 3 is 2.53 bits per heavy atom. The number of anilines is 1. The normalized spacial score (nSPS) is 16.3. The molecule has 0 aromatic heterocycles. The van der Waals surface area contributed by atoms with Crippen molar-refractivity contribution in [1.29, 1.82) is 0 Å². The zero-order valence-corrected chi connectivity index (χ0v) is 11.1. The van der Waals surface area contributed by atoms with Gasteiger partial charge < -0.3 is 11.1 Å². The van der Waals surface area contributed by atoms with E-state index in [1.54, 1.807) is 0 Å². The van der Waals surface area contributed by atoms with E-state index >= 15 is 0 Å². The number of hydrogen-bond donors (Lipinski definition) is 2. The number of rotatable bonds is 6. The summed E-state index contributed by atoms with van der Waals surface area (Å²) in [6.07, 6.45) is 6.63. The van der Waals surface area contributed by atoms with Gasteiger partial charge in [-0.3, -0.25) is 0 Å². The molecule has 0 radical (unpaired) electrons. The molecule has 3 N–H and O–H groups in total. The van der Waals surface area contributed by atoms with Crippen LogP contribution in [-0.4, -0.2) is 18.3 Å². The molecule has 3 heteroatoms. The van der Waals surface area contributed by atoms with Gasteiger partial charge in [-0.05, 0) is 50.1 Å². The summed E-state index contributed by atoms with van der Waals surface area (Å²) >= 11 is 2.04. The Morgan fingerprint density at radius 1 is 1.18 bits per heavy atom. The fraction of sp³-hybridized carbons (Fsp3) is 0.571. The highest BCUT2D eigenvalue weighted by Gasteiger charge is 2.15. The molecule has 1 aliphatic rings. The van der Waals surface area contributed by atoms with E-state index in [9.17, 15) is 0 Å². The van der Waals surface area contributed by atoms with Gasteiger partial charge in [0.25, 0.3) is 0 Å². The summed E-state index contributed by atoms with van der Waals surface area (Å²) in [7, 11) is 0. The lowest BCUT2D eigenvalue weighted by Crippen LogP contribution is -2.08. The van der Waals surface area contributed by atoms with Crippen LogP contribution in [0.2, 0.25) is 0 Å². The fourth-order valence-corrected chi connectivity index (χ4v) is 3.43. The molecule has 1 fully saturated rings. The molecule has 0 amide bonds. The van der Waals surface area contributed by atoms with Crippen LogP contribution in [0.3, 0.4) is 0 Å². The average Bonchev–Trinajstić information content (AvgIpc) is 2.85. The van der Waals surface area contributed by atoms with E-state index in [1.807, 2.05) is 11.8 Å². The Kier molecular flexibility index (Phi) is 5.20. The molecule has 0 saturated heterocycles. The highest BCUT2D eigenvalue weighted by Crippen LogP contribution is 2.34. The molecule has 0 bridgehead atoms. The maximum absolute atomic E-state index is 5.46. The standard InChI is InChI=1S/C14H22N2S/c15-10-3-11-16-12-6-8-14(9-7-12)17-13-4-1-2-5-13/h6-9,13,16H,1-5,10-11,15H2. The van der Waals surface area contributed by atoms with E-state index < -0.39 is 0 Å². The van der Waals surface area contributed by atoms with Crippen LogP contribution in [-0.2, 0) is 0 Å². The maximum atomic E-state index is 5.46. The first-order valence-corrected chi connectivity index (χ1v) is 7.47. The van der Waals surface area contributed by atoms with Gasteiger partial charge in [-0.2, -0.15) is 0 Å². The quantitative estimate of drug-likeness (QED) is 0.759. The molecule has 0 aliphatic heterocycles. The van der Waals surface area contributed by atoms with E-state index in [4.69, 9.17) is 5.73 Å². The van der Waals surface area contributed by atoms with Crippen molar-refractivity contribution < 1.29 is 0 Å². The molecule has 1 aromatic carbocycles. The fourth-order valence-electron chi connectivity index (χ4n) is 2.18. The summed E-state index contributed by atoms with van der Waals surface area (Å²) in [6.45, 7) is 1.72. The second-order valence-electron chi connectivity index (χ2n) is 4.62. The van der Waals surface area contributed by atoms with Crippen LogP contribution in [0.25, 0.3) is 0 Å². The van der Waals surface area contributed by atoms with Crippen molar-refractivity contribution in [3.8, 4) is 0 Å². The molecule has 0 spiro atoms. The summed E-state index contributed by atoms with van der Waals surface area (Å²) in [5.74, 6) is 0. The predicted octanol–water partition coefficient (Wildman–Crippen LogP) is 3.48. The second-order valence-corrected chi connectivity index (χ2v) is 5.99. The Morgan fingerprint density at radius 2 is 1.88 bits per heavy atom. The Bertz CT molecular complexity index is 317. The molecule has 17 heavy (non-hydrogen) atoms. The van der Waals surface area contributed by atoms with Crippen molar-refractivity contribution in [2.75, 3.05) is 18.4 Å². The van der Waals surface area contributed by atoms with Crippen molar-refractivity contribution in [1.82, 2.24) is 0 Å². The monoisotopic (exact) mass is 250 g/mol. The molecular weight excluding hydrogens is 228 g/mol. The van der Waals surface area contributed by atoms with Gasteiger partial charge in [0.05, 0.1) is 0 Å². The first kappa shape index (κ1) is 12.8. The van der Waals surface area contributed by atoms with Gasteiger partial charge >= 0.3 is 0 Å². The van der Waals surface area contributed by atoms with Crippen LogP contribution in [0.5, 0.6) is 0 Å². The Balaban J connectivity index is 1.80. The minimum absolute atomic E-state index is 0.753. The number of hydrogen-bond acceptors (Lipinski definition) is 3. The van der Waals surface area contributed by atoms with Crippen molar-refractivity contribution in [2.45, 2.75) is 42.2 Å². The zero-order chi connectivity index (χ0) is 11.9. The van der Waals surface area contributed by atoms with Crippen molar-refractivity contribution in [3.63, 3.8) is 0 Å². The van der Waals surface area contributed by atoms with Crippen LogP contribution < -0.4 is 11.1 Å². The molecule has 1 aliphatic carbocycles. The Labute approximate surface area is 108 Å². The molecular formula is C14H22N2S. The van der Waals surface area contributed by atoms with Gasteiger partial charge in [-0.15, -0.1) is 11.8 Å². The highest BCUT2D eigenvalue weighted by atomic mass is 32.2. The van der Waals surface area contributed by atoms with Gasteiger partial charge in [0.1, 0.15) is 0 Å². The summed E-state index contributed by atoms with van der Waals surface area (Å²) in [4.78, 5) is 1.40. The van der Waals surface area contributed by atoms with Crippen LogP contribution in [0, 0.1) is 0 Å². The van der Waals surface area contributed by atoms with Crippen LogP contribution >= 0.6 is 11.8 Å². The SMILES string of the molecule is NCCCNc1ccc(SC2CCCC2)cc1. The van der Waals surface area contributed by atoms with Gasteiger partial charge in [-0.25, -0.2) is 0 Å². The largest absolute Gasteiger partial charge is 0.385 e. The van der Waals surface area contributed by atoms with Gasteiger partial charge in [0.15, 0.2) is 0 Å². The molecule has 1 saturated carbocycles. The lowest BCUT2D eigenvalue weighted by Gasteiger charge is -2.10. The van der Waals surface area contributed by atoms with Crippen molar-refractivity contribution in [2.24, 2.45) is 5.73 Å². The second kappa shape index (κ2) is 6.92. The molecule has 1 aromatic rings. The summed E-state index contributed by atoms with van der Waals surface area (Å²) in [6, 6.07) is 8.81.